The average Bonchev–Trinajstić information content (AvgIpc) is 3.11. The standard InChI is InChI=1S/C18H28O12/c1-5-11(22)13(24)15(26)17(28-5)9-6(2-19)29-7(3-20)10(9)18-16(27)14(25)12(23)8(4-21)30-18/h5,8,11-27H,2-4H2,1H3/t5-,8+,11+,12-,13+,14-,15-,16+,17?,18?/m0/s1. The Morgan fingerprint density at radius 3 is 1.57 bits per heavy atom. The maximum atomic E-state index is 10.5. The Bertz CT molecular complexity index is 720. The van der Waals surface area contributed by atoms with Crippen LogP contribution < -0.4 is 0 Å². The van der Waals surface area contributed by atoms with Gasteiger partial charge < -0.3 is 59.8 Å². The average molecular weight is 436 g/mol. The second-order valence-corrected chi connectivity index (χ2v) is 7.58. The van der Waals surface area contributed by atoms with E-state index in [0.717, 1.165) is 0 Å². The first-order valence-electron chi connectivity index (χ1n) is 9.54. The molecule has 0 aliphatic carbocycles. The van der Waals surface area contributed by atoms with Crippen LogP contribution in [0.15, 0.2) is 4.42 Å². The van der Waals surface area contributed by atoms with Gasteiger partial charge in [0.05, 0.1) is 12.7 Å². The van der Waals surface area contributed by atoms with Gasteiger partial charge in [0.15, 0.2) is 0 Å². The molecule has 0 spiro atoms. The Morgan fingerprint density at radius 2 is 1.10 bits per heavy atom. The van der Waals surface area contributed by atoms with E-state index >= 15 is 0 Å². The summed E-state index contributed by atoms with van der Waals surface area (Å²) in [5.74, 6) is -0.340. The van der Waals surface area contributed by atoms with Gasteiger partial charge in [0, 0.05) is 11.1 Å². The molecule has 9 N–H and O–H groups in total. The lowest BCUT2D eigenvalue weighted by Crippen LogP contribution is -2.56. The van der Waals surface area contributed by atoms with Crippen molar-refractivity contribution in [1.29, 1.82) is 0 Å². The summed E-state index contributed by atoms with van der Waals surface area (Å²) in [4.78, 5) is 0. The van der Waals surface area contributed by atoms with Crippen LogP contribution >= 0.6 is 0 Å². The monoisotopic (exact) mass is 436 g/mol. The van der Waals surface area contributed by atoms with Crippen molar-refractivity contribution in [2.45, 2.75) is 81.2 Å². The van der Waals surface area contributed by atoms with Gasteiger partial charge in [0.25, 0.3) is 0 Å². The molecule has 30 heavy (non-hydrogen) atoms. The number of hydrogen-bond acceptors (Lipinski definition) is 12. The molecule has 2 unspecified atom stereocenters. The lowest BCUT2D eigenvalue weighted by atomic mass is 9.84. The molecule has 3 rings (SSSR count). The fourth-order valence-corrected chi connectivity index (χ4v) is 4.05. The van der Waals surface area contributed by atoms with E-state index < -0.39 is 80.9 Å². The zero-order chi connectivity index (χ0) is 22.3. The highest BCUT2D eigenvalue weighted by atomic mass is 16.6. The highest BCUT2D eigenvalue weighted by Crippen LogP contribution is 2.44. The number of aliphatic hydroxyl groups is 9. The summed E-state index contributed by atoms with van der Waals surface area (Å²) in [7, 11) is 0. The number of ether oxygens (including phenoxy) is 2. The van der Waals surface area contributed by atoms with E-state index in [4.69, 9.17) is 13.9 Å². The first-order chi connectivity index (χ1) is 14.2. The molecule has 12 nitrogen and oxygen atoms in total. The number of rotatable bonds is 5. The molecule has 1 aromatic heterocycles. The third kappa shape index (κ3) is 3.78. The highest BCUT2D eigenvalue weighted by molar-refractivity contribution is 5.40. The Hall–Kier alpha value is -1.16. The molecular weight excluding hydrogens is 408 g/mol. The molecule has 0 saturated carbocycles. The van der Waals surface area contributed by atoms with E-state index in [1.807, 2.05) is 0 Å². The maximum Gasteiger partial charge on any atom is 0.135 e. The summed E-state index contributed by atoms with van der Waals surface area (Å²) >= 11 is 0. The second kappa shape index (κ2) is 9.14. The lowest BCUT2D eigenvalue weighted by Gasteiger charge is -2.42. The third-order valence-corrected chi connectivity index (χ3v) is 5.74. The smallest absolute Gasteiger partial charge is 0.135 e. The molecule has 10 atom stereocenters. The van der Waals surface area contributed by atoms with Gasteiger partial charge in [-0.15, -0.1) is 0 Å². The van der Waals surface area contributed by atoms with Crippen molar-refractivity contribution in [2.75, 3.05) is 6.61 Å². The van der Waals surface area contributed by atoms with Crippen LogP contribution in [-0.2, 0) is 22.7 Å². The first-order valence-corrected chi connectivity index (χ1v) is 9.54. The van der Waals surface area contributed by atoms with E-state index in [2.05, 4.69) is 0 Å². The van der Waals surface area contributed by atoms with Crippen LogP contribution in [0.3, 0.4) is 0 Å². The van der Waals surface area contributed by atoms with Crippen molar-refractivity contribution in [3.8, 4) is 0 Å². The van der Waals surface area contributed by atoms with Crippen LogP contribution in [0.25, 0.3) is 0 Å². The minimum absolute atomic E-state index is 0.0452. The summed E-state index contributed by atoms with van der Waals surface area (Å²) in [6.07, 6.45) is -14.8. The molecule has 2 aliphatic heterocycles. The van der Waals surface area contributed by atoms with E-state index in [1.165, 1.54) is 6.92 Å². The summed E-state index contributed by atoms with van der Waals surface area (Å²) in [6.45, 7) is -0.674. The summed E-state index contributed by atoms with van der Waals surface area (Å²) in [6, 6.07) is 0. The molecule has 0 amide bonds. The Labute approximate surface area is 171 Å². The topological polar surface area (TPSA) is 214 Å². The van der Waals surface area contributed by atoms with Gasteiger partial charge in [-0.05, 0) is 6.92 Å². The third-order valence-electron chi connectivity index (χ3n) is 5.74. The van der Waals surface area contributed by atoms with Crippen LogP contribution in [0, 0.1) is 0 Å². The van der Waals surface area contributed by atoms with Crippen molar-refractivity contribution in [3.05, 3.63) is 22.6 Å². The molecule has 12 heteroatoms. The molecule has 1 aromatic rings. The van der Waals surface area contributed by atoms with E-state index in [0.29, 0.717) is 0 Å². The van der Waals surface area contributed by atoms with Crippen molar-refractivity contribution in [3.63, 3.8) is 0 Å². The molecular formula is C18H28O12. The van der Waals surface area contributed by atoms with Gasteiger partial charge in [-0.2, -0.15) is 0 Å². The molecule has 0 bridgehead atoms. The van der Waals surface area contributed by atoms with Crippen LogP contribution in [0.1, 0.15) is 41.8 Å². The van der Waals surface area contributed by atoms with Gasteiger partial charge in [-0.25, -0.2) is 0 Å². The zero-order valence-corrected chi connectivity index (χ0v) is 16.1. The maximum absolute atomic E-state index is 10.5. The zero-order valence-electron chi connectivity index (χ0n) is 16.1. The van der Waals surface area contributed by atoms with Gasteiger partial charge in [-0.1, -0.05) is 0 Å². The SMILES string of the molecule is C[C@@H]1OC(c2c(CO)oc(CO)c2C2O[C@H](CO)[C@H](O)[C@H](O)[C@H]2O)[C@@H](O)[C@H](O)[C@@H]1O. The first kappa shape index (κ1) is 23.5. The summed E-state index contributed by atoms with van der Waals surface area (Å²) < 4.78 is 16.6. The van der Waals surface area contributed by atoms with Gasteiger partial charge in [-0.3, -0.25) is 0 Å². The molecule has 0 aromatic carbocycles. The summed E-state index contributed by atoms with van der Waals surface area (Å²) in [5, 5.41) is 90.3. The minimum atomic E-state index is -1.73. The van der Waals surface area contributed by atoms with Gasteiger partial charge in [0.1, 0.15) is 79.7 Å². The molecule has 3 heterocycles. The normalized spacial score (nSPS) is 42.5. The van der Waals surface area contributed by atoms with Gasteiger partial charge >= 0.3 is 0 Å². The van der Waals surface area contributed by atoms with Gasteiger partial charge in [0.2, 0.25) is 0 Å². The number of aliphatic hydroxyl groups excluding tert-OH is 9. The molecule has 0 radical (unpaired) electrons. The van der Waals surface area contributed by atoms with Crippen molar-refractivity contribution in [1.82, 2.24) is 0 Å². The van der Waals surface area contributed by atoms with Crippen molar-refractivity contribution in [2.24, 2.45) is 0 Å². The van der Waals surface area contributed by atoms with Crippen LogP contribution in [-0.4, -0.2) is 101 Å². The van der Waals surface area contributed by atoms with Crippen molar-refractivity contribution < 1.29 is 59.8 Å². The Balaban J connectivity index is 2.12. The van der Waals surface area contributed by atoms with Crippen LogP contribution in [0.2, 0.25) is 0 Å². The Morgan fingerprint density at radius 1 is 0.633 bits per heavy atom. The van der Waals surface area contributed by atoms with Crippen LogP contribution in [0.4, 0.5) is 0 Å². The largest absolute Gasteiger partial charge is 0.460 e. The Kier molecular flexibility index (Phi) is 7.16. The van der Waals surface area contributed by atoms with Crippen LogP contribution in [0.5, 0.6) is 0 Å². The highest BCUT2D eigenvalue weighted by Gasteiger charge is 2.50. The molecule has 172 valence electrons. The van der Waals surface area contributed by atoms with E-state index in [-0.39, 0.29) is 22.6 Å². The fourth-order valence-electron chi connectivity index (χ4n) is 4.05. The molecule has 2 aliphatic rings. The second-order valence-electron chi connectivity index (χ2n) is 7.58. The van der Waals surface area contributed by atoms with Crippen molar-refractivity contribution >= 4 is 0 Å². The fraction of sp³-hybridized carbons (Fsp3) is 0.778. The quantitative estimate of drug-likeness (QED) is 0.218. The number of hydrogen-bond donors (Lipinski definition) is 9. The molecule has 2 fully saturated rings. The minimum Gasteiger partial charge on any atom is -0.460 e. The summed E-state index contributed by atoms with van der Waals surface area (Å²) in [5.41, 5.74) is -0.116. The van der Waals surface area contributed by atoms with E-state index in [9.17, 15) is 46.0 Å². The lowest BCUT2D eigenvalue weighted by molar-refractivity contribution is -0.235. The number of furan rings is 1. The van der Waals surface area contributed by atoms with E-state index in [1.54, 1.807) is 0 Å². The predicted molar refractivity (Wildman–Crippen MR) is 94.6 cm³/mol. The predicted octanol–water partition coefficient (Wildman–Crippen LogP) is -3.68. The molecule has 2 saturated heterocycles.